The van der Waals surface area contributed by atoms with Gasteiger partial charge in [-0.15, -0.1) is 22.7 Å². The molecule has 2 aliphatic carbocycles. The van der Waals surface area contributed by atoms with Crippen LogP contribution in [-0.2, 0) is 25.7 Å². The number of carbonyl (C=O) groups excluding carboxylic acids is 4. The van der Waals surface area contributed by atoms with Gasteiger partial charge < -0.3 is 0 Å². The predicted molar refractivity (Wildman–Crippen MR) is 127 cm³/mol. The third-order valence-corrected chi connectivity index (χ3v) is 8.21. The molecule has 3 aromatic rings. The number of aromatic nitrogens is 1. The van der Waals surface area contributed by atoms with E-state index in [0.717, 1.165) is 38.5 Å². The summed E-state index contributed by atoms with van der Waals surface area (Å²) in [4.78, 5) is 57.1. The first-order valence-electron chi connectivity index (χ1n) is 10.9. The zero-order valence-electron chi connectivity index (χ0n) is 18.0. The molecule has 4 N–H and O–H groups in total. The summed E-state index contributed by atoms with van der Waals surface area (Å²) in [5.41, 5.74) is 11.7. The number of thiophene rings is 2. The number of aryl methyl sites for hydroxylation is 4. The summed E-state index contributed by atoms with van der Waals surface area (Å²) in [6.07, 6.45) is 6.12. The van der Waals surface area contributed by atoms with Gasteiger partial charge in [-0.2, -0.15) is 0 Å². The first-order valence-corrected chi connectivity index (χ1v) is 12.5. The normalized spacial score (nSPS) is 13.6. The van der Waals surface area contributed by atoms with Crippen LogP contribution in [0.2, 0.25) is 0 Å². The standard InChI is InChI=1S/C23H21N5O4S2/c29-20(25-27-22(31)18-10-12-4-1-8-16(12)33-18)14-6-3-7-15(24-14)21(30)26-28-23(32)19-11-13-5-2-9-17(13)34-19/h3,6-7,10-11H,1-2,4-5,8-9H2,(H,25,29)(H,26,30)(H,27,31)(H,28,32). The molecule has 0 fully saturated rings. The van der Waals surface area contributed by atoms with Gasteiger partial charge in [0.25, 0.3) is 23.6 Å². The third-order valence-electron chi connectivity index (χ3n) is 5.73. The van der Waals surface area contributed by atoms with Gasteiger partial charge in [-0.1, -0.05) is 6.07 Å². The van der Waals surface area contributed by atoms with Crippen molar-refractivity contribution in [2.45, 2.75) is 38.5 Å². The molecule has 9 nitrogen and oxygen atoms in total. The summed E-state index contributed by atoms with van der Waals surface area (Å²) in [6, 6.07) is 8.05. The van der Waals surface area contributed by atoms with Crippen molar-refractivity contribution in [2.24, 2.45) is 0 Å². The third kappa shape index (κ3) is 4.57. The van der Waals surface area contributed by atoms with Gasteiger partial charge in [-0.05, 0) is 73.9 Å². The van der Waals surface area contributed by atoms with Crippen LogP contribution in [0.5, 0.6) is 0 Å². The first kappa shape index (κ1) is 22.2. The largest absolute Gasteiger partial charge is 0.288 e. The molecule has 4 amide bonds. The highest BCUT2D eigenvalue weighted by molar-refractivity contribution is 7.14. The average Bonchev–Trinajstić information content (AvgIpc) is 3.61. The van der Waals surface area contributed by atoms with E-state index in [2.05, 4.69) is 26.7 Å². The Labute approximate surface area is 202 Å². The van der Waals surface area contributed by atoms with Crippen molar-refractivity contribution in [3.63, 3.8) is 0 Å². The van der Waals surface area contributed by atoms with Crippen LogP contribution in [0.25, 0.3) is 0 Å². The summed E-state index contributed by atoms with van der Waals surface area (Å²) in [5, 5.41) is 0. The summed E-state index contributed by atoms with van der Waals surface area (Å²) < 4.78 is 0. The van der Waals surface area contributed by atoms with Crippen molar-refractivity contribution < 1.29 is 19.2 Å². The highest BCUT2D eigenvalue weighted by Crippen LogP contribution is 2.31. The van der Waals surface area contributed by atoms with E-state index in [1.165, 1.54) is 61.8 Å². The molecule has 0 radical (unpaired) electrons. The maximum Gasteiger partial charge on any atom is 0.288 e. The van der Waals surface area contributed by atoms with Crippen LogP contribution in [0, 0.1) is 0 Å². The molecular formula is C23H21N5O4S2. The van der Waals surface area contributed by atoms with Gasteiger partial charge in [-0.3, -0.25) is 40.9 Å². The van der Waals surface area contributed by atoms with Gasteiger partial charge in [0.05, 0.1) is 9.75 Å². The maximum absolute atomic E-state index is 12.4. The van der Waals surface area contributed by atoms with E-state index in [4.69, 9.17) is 0 Å². The minimum atomic E-state index is -0.663. The van der Waals surface area contributed by atoms with Gasteiger partial charge >= 0.3 is 0 Å². The molecule has 0 saturated carbocycles. The molecule has 0 aromatic carbocycles. The van der Waals surface area contributed by atoms with Gasteiger partial charge in [0.2, 0.25) is 0 Å². The van der Waals surface area contributed by atoms with Crippen molar-refractivity contribution in [1.29, 1.82) is 0 Å². The monoisotopic (exact) mass is 495 g/mol. The quantitative estimate of drug-likeness (QED) is 0.413. The second kappa shape index (κ2) is 9.35. The summed E-state index contributed by atoms with van der Waals surface area (Å²) >= 11 is 2.86. The van der Waals surface area contributed by atoms with E-state index in [9.17, 15) is 19.2 Å². The van der Waals surface area contributed by atoms with Gasteiger partial charge in [0.1, 0.15) is 11.4 Å². The highest BCUT2D eigenvalue weighted by Gasteiger charge is 2.21. The number of amides is 4. The Morgan fingerprint density at radius 1 is 0.647 bits per heavy atom. The van der Waals surface area contributed by atoms with Crippen LogP contribution < -0.4 is 21.7 Å². The predicted octanol–water partition coefficient (Wildman–Crippen LogP) is 2.33. The molecule has 0 unspecified atom stereocenters. The Morgan fingerprint density at radius 2 is 1.09 bits per heavy atom. The molecule has 5 rings (SSSR count). The zero-order chi connectivity index (χ0) is 23.7. The lowest BCUT2D eigenvalue weighted by atomic mass is 10.2. The topological polar surface area (TPSA) is 129 Å². The second-order valence-electron chi connectivity index (χ2n) is 8.05. The summed E-state index contributed by atoms with van der Waals surface area (Å²) in [5.74, 6) is -2.12. The van der Waals surface area contributed by atoms with Gasteiger partial charge in [0, 0.05) is 9.75 Å². The lowest BCUT2D eigenvalue weighted by Crippen LogP contribution is -2.43. The Bertz CT molecular complexity index is 1170. The molecule has 0 atom stereocenters. The Hall–Kier alpha value is -3.57. The number of fused-ring (bicyclic) bond motifs is 2. The minimum absolute atomic E-state index is 0.0531. The Morgan fingerprint density at radius 3 is 1.53 bits per heavy atom. The van der Waals surface area contributed by atoms with Crippen LogP contribution in [0.1, 0.15) is 74.0 Å². The van der Waals surface area contributed by atoms with Crippen molar-refractivity contribution in [3.05, 3.63) is 72.4 Å². The van der Waals surface area contributed by atoms with E-state index in [0.29, 0.717) is 9.75 Å². The fourth-order valence-corrected chi connectivity index (χ4v) is 6.35. The van der Waals surface area contributed by atoms with Crippen LogP contribution in [0.4, 0.5) is 0 Å². The molecule has 0 aliphatic heterocycles. The summed E-state index contributed by atoms with van der Waals surface area (Å²) in [7, 11) is 0. The Balaban J connectivity index is 1.15. The molecule has 34 heavy (non-hydrogen) atoms. The first-order chi connectivity index (χ1) is 16.5. The van der Waals surface area contributed by atoms with Crippen LogP contribution >= 0.6 is 22.7 Å². The molecule has 11 heteroatoms. The van der Waals surface area contributed by atoms with Crippen LogP contribution in [0.3, 0.4) is 0 Å². The van der Waals surface area contributed by atoms with E-state index in [-0.39, 0.29) is 11.4 Å². The van der Waals surface area contributed by atoms with Crippen molar-refractivity contribution in [2.75, 3.05) is 0 Å². The van der Waals surface area contributed by atoms with E-state index in [1.54, 1.807) is 0 Å². The molecule has 0 bridgehead atoms. The number of nitrogens with one attached hydrogen (secondary N) is 4. The number of hydrogen-bond donors (Lipinski definition) is 4. The number of nitrogens with zero attached hydrogens (tertiary/aromatic N) is 1. The lowest BCUT2D eigenvalue weighted by Gasteiger charge is -2.08. The van der Waals surface area contributed by atoms with Gasteiger partial charge in [0.15, 0.2) is 0 Å². The molecule has 2 aliphatic rings. The number of pyridine rings is 1. The number of hydrazine groups is 2. The second-order valence-corrected chi connectivity index (χ2v) is 10.3. The molecule has 3 aromatic heterocycles. The van der Waals surface area contributed by atoms with Crippen LogP contribution in [0.15, 0.2) is 30.3 Å². The number of hydrogen-bond acceptors (Lipinski definition) is 7. The summed E-state index contributed by atoms with van der Waals surface area (Å²) in [6.45, 7) is 0. The van der Waals surface area contributed by atoms with Crippen molar-refractivity contribution >= 4 is 46.3 Å². The number of carbonyl (C=O) groups is 4. The molecule has 0 spiro atoms. The lowest BCUT2D eigenvalue weighted by molar-refractivity contribution is 0.0838. The van der Waals surface area contributed by atoms with E-state index < -0.39 is 23.6 Å². The fourth-order valence-electron chi connectivity index (χ4n) is 4.05. The van der Waals surface area contributed by atoms with E-state index in [1.807, 2.05) is 12.1 Å². The Kier molecular flexibility index (Phi) is 6.12. The average molecular weight is 496 g/mol. The SMILES string of the molecule is O=C(NNC(=O)c1cc2c(s1)CCC2)c1cccc(C(=O)NNC(=O)c2cc3c(s2)CCC3)n1. The minimum Gasteiger partial charge on any atom is -0.266 e. The number of rotatable bonds is 4. The van der Waals surface area contributed by atoms with Crippen molar-refractivity contribution in [3.8, 4) is 0 Å². The highest BCUT2D eigenvalue weighted by atomic mass is 32.1. The molecule has 0 saturated heterocycles. The molecule has 3 heterocycles. The van der Waals surface area contributed by atoms with Gasteiger partial charge in [-0.25, -0.2) is 4.98 Å². The van der Waals surface area contributed by atoms with E-state index >= 15 is 0 Å². The zero-order valence-corrected chi connectivity index (χ0v) is 19.7. The molecule has 174 valence electrons. The maximum atomic E-state index is 12.4. The fraction of sp³-hybridized carbons (Fsp3) is 0.261. The van der Waals surface area contributed by atoms with Crippen molar-refractivity contribution in [1.82, 2.24) is 26.7 Å². The smallest absolute Gasteiger partial charge is 0.266 e. The van der Waals surface area contributed by atoms with Crippen LogP contribution in [-0.4, -0.2) is 28.6 Å². The molecular weight excluding hydrogens is 474 g/mol.